The van der Waals surface area contributed by atoms with Crippen LogP contribution in [0.4, 0.5) is 0 Å². The molecule has 0 aromatic heterocycles. The van der Waals surface area contributed by atoms with Crippen molar-refractivity contribution < 1.29 is 14.6 Å². The van der Waals surface area contributed by atoms with E-state index in [2.05, 4.69) is 13.8 Å². The maximum Gasteiger partial charge on any atom is 0.128 e. The van der Waals surface area contributed by atoms with Crippen molar-refractivity contribution in [2.75, 3.05) is 6.61 Å². The first-order valence-electron chi connectivity index (χ1n) is 7.76. The zero-order valence-corrected chi connectivity index (χ0v) is 12.6. The zero-order valence-electron chi connectivity index (χ0n) is 12.6. The van der Waals surface area contributed by atoms with Crippen molar-refractivity contribution in [3.8, 4) is 11.5 Å². The summed E-state index contributed by atoms with van der Waals surface area (Å²) in [6.45, 7) is 5.08. The Hall–Kier alpha value is -1.22. The molecule has 1 N–H and O–H groups in total. The minimum absolute atomic E-state index is 0.00562. The molecule has 0 saturated heterocycles. The predicted octanol–water partition coefficient (Wildman–Crippen LogP) is 3.93. The molecular weight excluding hydrogens is 252 g/mol. The van der Waals surface area contributed by atoms with Crippen LogP contribution in [0.2, 0.25) is 0 Å². The summed E-state index contributed by atoms with van der Waals surface area (Å²) in [5.74, 6) is 2.33. The van der Waals surface area contributed by atoms with E-state index in [1.165, 1.54) is 12.8 Å². The molecule has 1 aliphatic carbocycles. The Morgan fingerprint density at radius 2 is 2.15 bits per heavy atom. The second kappa shape index (κ2) is 7.53. The van der Waals surface area contributed by atoms with Crippen LogP contribution in [0.15, 0.2) is 18.2 Å². The number of benzene rings is 1. The molecule has 20 heavy (non-hydrogen) atoms. The van der Waals surface area contributed by atoms with Crippen molar-refractivity contribution >= 4 is 0 Å². The van der Waals surface area contributed by atoms with E-state index in [1.54, 1.807) is 0 Å². The fraction of sp³-hybridized carbons (Fsp3) is 0.647. The van der Waals surface area contributed by atoms with Crippen LogP contribution in [0.5, 0.6) is 11.5 Å². The smallest absolute Gasteiger partial charge is 0.128 e. The summed E-state index contributed by atoms with van der Waals surface area (Å²) < 4.78 is 11.8. The van der Waals surface area contributed by atoms with Gasteiger partial charge in [-0.25, -0.2) is 0 Å². The molecule has 0 heterocycles. The number of hydrogen-bond donors (Lipinski definition) is 1. The van der Waals surface area contributed by atoms with E-state index in [9.17, 15) is 5.11 Å². The first-order chi connectivity index (χ1) is 9.72. The third-order valence-electron chi connectivity index (χ3n) is 3.86. The molecule has 112 valence electrons. The molecule has 2 unspecified atom stereocenters. The summed E-state index contributed by atoms with van der Waals surface area (Å²) in [4.78, 5) is 0. The highest BCUT2D eigenvalue weighted by atomic mass is 16.5. The van der Waals surface area contributed by atoms with Crippen LogP contribution in [0.3, 0.4) is 0 Å². The lowest BCUT2D eigenvalue weighted by atomic mass is 9.88. The summed E-state index contributed by atoms with van der Waals surface area (Å²) in [5.41, 5.74) is 0.840. The van der Waals surface area contributed by atoms with Gasteiger partial charge in [0.05, 0.1) is 19.3 Å². The minimum atomic E-state index is 0.00562. The SMILES string of the molecule is CCCOc1ccc(CO)c(OC2CCCC(C)C2)c1. The summed E-state index contributed by atoms with van der Waals surface area (Å²) in [5, 5.41) is 9.45. The maximum atomic E-state index is 9.45. The Kier molecular flexibility index (Phi) is 5.72. The second-order valence-electron chi connectivity index (χ2n) is 5.79. The van der Waals surface area contributed by atoms with Gasteiger partial charge in [0.25, 0.3) is 0 Å². The van der Waals surface area contributed by atoms with Crippen LogP contribution in [-0.4, -0.2) is 17.8 Å². The van der Waals surface area contributed by atoms with Crippen molar-refractivity contribution in [1.29, 1.82) is 0 Å². The van der Waals surface area contributed by atoms with Gasteiger partial charge in [-0.15, -0.1) is 0 Å². The number of hydrogen-bond acceptors (Lipinski definition) is 3. The topological polar surface area (TPSA) is 38.7 Å². The zero-order chi connectivity index (χ0) is 14.4. The van der Waals surface area contributed by atoms with Crippen LogP contribution < -0.4 is 9.47 Å². The van der Waals surface area contributed by atoms with Crippen LogP contribution in [0.25, 0.3) is 0 Å². The molecule has 1 aliphatic rings. The highest BCUT2D eigenvalue weighted by molar-refractivity contribution is 5.40. The Morgan fingerprint density at radius 1 is 1.30 bits per heavy atom. The predicted molar refractivity (Wildman–Crippen MR) is 80.2 cm³/mol. The van der Waals surface area contributed by atoms with Crippen molar-refractivity contribution in [2.24, 2.45) is 5.92 Å². The Balaban J connectivity index is 2.07. The monoisotopic (exact) mass is 278 g/mol. The maximum absolute atomic E-state index is 9.45. The molecule has 3 nitrogen and oxygen atoms in total. The first-order valence-corrected chi connectivity index (χ1v) is 7.76. The number of aliphatic hydroxyl groups is 1. The van der Waals surface area contributed by atoms with Gasteiger partial charge in [-0.05, 0) is 43.7 Å². The molecule has 0 amide bonds. The normalized spacial score (nSPS) is 22.6. The second-order valence-corrected chi connectivity index (χ2v) is 5.79. The van der Waals surface area contributed by atoms with E-state index < -0.39 is 0 Å². The number of rotatable bonds is 6. The van der Waals surface area contributed by atoms with E-state index in [4.69, 9.17) is 9.47 Å². The number of ether oxygens (including phenoxy) is 2. The van der Waals surface area contributed by atoms with E-state index >= 15 is 0 Å². The van der Waals surface area contributed by atoms with E-state index in [0.29, 0.717) is 6.61 Å². The minimum Gasteiger partial charge on any atom is -0.493 e. The summed E-state index contributed by atoms with van der Waals surface area (Å²) in [7, 11) is 0. The molecule has 3 heteroatoms. The molecule has 2 rings (SSSR count). The molecule has 0 aliphatic heterocycles. The van der Waals surface area contributed by atoms with Gasteiger partial charge >= 0.3 is 0 Å². The van der Waals surface area contributed by atoms with Crippen LogP contribution >= 0.6 is 0 Å². The summed E-state index contributed by atoms with van der Waals surface area (Å²) in [6.07, 6.45) is 5.99. The van der Waals surface area contributed by atoms with Crippen LogP contribution in [-0.2, 0) is 6.61 Å². The Morgan fingerprint density at radius 3 is 2.85 bits per heavy atom. The molecule has 0 radical (unpaired) electrons. The van der Waals surface area contributed by atoms with Crippen molar-refractivity contribution in [2.45, 2.75) is 58.7 Å². The van der Waals surface area contributed by atoms with Crippen LogP contribution in [0.1, 0.15) is 51.5 Å². The third-order valence-corrected chi connectivity index (χ3v) is 3.86. The van der Waals surface area contributed by atoms with Gasteiger partial charge in [0.15, 0.2) is 0 Å². The molecule has 1 aromatic rings. The lowest BCUT2D eigenvalue weighted by Crippen LogP contribution is -2.24. The first kappa shape index (κ1) is 15.2. The van der Waals surface area contributed by atoms with Crippen molar-refractivity contribution in [3.63, 3.8) is 0 Å². The average Bonchev–Trinajstić information content (AvgIpc) is 2.45. The summed E-state index contributed by atoms with van der Waals surface area (Å²) in [6, 6.07) is 5.71. The largest absolute Gasteiger partial charge is 0.493 e. The molecule has 0 bridgehead atoms. The van der Waals surface area contributed by atoms with Gasteiger partial charge in [-0.3, -0.25) is 0 Å². The lowest BCUT2D eigenvalue weighted by Gasteiger charge is -2.28. The lowest BCUT2D eigenvalue weighted by molar-refractivity contribution is 0.125. The number of aliphatic hydroxyl groups excluding tert-OH is 1. The fourth-order valence-corrected chi connectivity index (χ4v) is 2.75. The van der Waals surface area contributed by atoms with Crippen molar-refractivity contribution in [1.82, 2.24) is 0 Å². The van der Waals surface area contributed by atoms with Gasteiger partial charge in [0.2, 0.25) is 0 Å². The highest BCUT2D eigenvalue weighted by Gasteiger charge is 2.21. The van der Waals surface area contributed by atoms with Gasteiger partial charge in [0, 0.05) is 11.6 Å². The van der Waals surface area contributed by atoms with Gasteiger partial charge in [-0.2, -0.15) is 0 Å². The van der Waals surface area contributed by atoms with E-state index in [-0.39, 0.29) is 12.7 Å². The third kappa shape index (κ3) is 4.14. The average molecular weight is 278 g/mol. The van der Waals surface area contributed by atoms with E-state index in [1.807, 2.05) is 18.2 Å². The standard InChI is InChI=1S/C17H26O3/c1-3-9-19-15-8-7-14(12-18)17(11-15)20-16-6-4-5-13(2)10-16/h7-8,11,13,16,18H,3-6,9-10,12H2,1-2H3. The molecule has 0 spiro atoms. The quantitative estimate of drug-likeness (QED) is 0.857. The van der Waals surface area contributed by atoms with E-state index in [0.717, 1.165) is 42.2 Å². The molecule has 1 aromatic carbocycles. The molecular formula is C17H26O3. The molecule has 1 saturated carbocycles. The highest BCUT2D eigenvalue weighted by Crippen LogP contribution is 2.31. The van der Waals surface area contributed by atoms with Gasteiger partial charge < -0.3 is 14.6 Å². The molecule has 2 atom stereocenters. The Labute approximate surface area is 121 Å². The van der Waals surface area contributed by atoms with Gasteiger partial charge in [0.1, 0.15) is 11.5 Å². The molecule has 1 fully saturated rings. The Bertz CT molecular complexity index is 417. The van der Waals surface area contributed by atoms with Gasteiger partial charge in [-0.1, -0.05) is 20.3 Å². The van der Waals surface area contributed by atoms with Crippen molar-refractivity contribution in [3.05, 3.63) is 23.8 Å². The fourth-order valence-electron chi connectivity index (χ4n) is 2.75. The van der Waals surface area contributed by atoms with Crippen LogP contribution in [0, 0.1) is 5.92 Å². The summed E-state index contributed by atoms with van der Waals surface area (Å²) >= 11 is 0.